The van der Waals surface area contributed by atoms with Gasteiger partial charge < -0.3 is 15.0 Å². The normalized spacial score (nSPS) is 11.0. The first-order valence-electron chi connectivity index (χ1n) is 8.85. The molecular formula is C21H23ClN2O2. The molecule has 1 amide bonds. The van der Waals surface area contributed by atoms with E-state index < -0.39 is 0 Å². The molecule has 0 bridgehead atoms. The van der Waals surface area contributed by atoms with Crippen molar-refractivity contribution in [1.29, 1.82) is 0 Å². The Morgan fingerprint density at radius 3 is 2.65 bits per heavy atom. The Hall–Kier alpha value is -2.30. The lowest BCUT2D eigenvalue weighted by Gasteiger charge is -2.22. The Kier molecular flexibility index (Phi) is 6.31. The number of aromatic nitrogens is 1. The number of halogens is 1. The monoisotopic (exact) mass is 370 g/mol. The van der Waals surface area contributed by atoms with Crippen LogP contribution in [0.4, 0.5) is 0 Å². The van der Waals surface area contributed by atoms with Gasteiger partial charge in [0.15, 0.2) is 0 Å². The largest absolute Gasteiger partial charge is 0.395 e. The number of aliphatic hydroxyl groups is 1. The Labute approximate surface area is 158 Å². The predicted molar refractivity (Wildman–Crippen MR) is 105 cm³/mol. The molecule has 0 aliphatic heterocycles. The number of carbonyl (C=O) groups excluding carboxylic acids is 1. The number of para-hydroxylation sites is 1. The summed E-state index contributed by atoms with van der Waals surface area (Å²) in [5, 5.41) is 11.2. The number of aliphatic hydroxyl groups excluding tert-OH is 1. The molecule has 0 saturated carbocycles. The van der Waals surface area contributed by atoms with Crippen LogP contribution in [0.15, 0.2) is 54.7 Å². The van der Waals surface area contributed by atoms with Gasteiger partial charge in [0.2, 0.25) is 5.91 Å². The van der Waals surface area contributed by atoms with Gasteiger partial charge in [-0.1, -0.05) is 41.9 Å². The first kappa shape index (κ1) is 18.5. The van der Waals surface area contributed by atoms with E-state index in [1.54, 1.807) is 4.90 Å². The lowest BCUT2D eigenvalue weighted by molar-refractivity contribution is -0.132. The van der Waals surface area contributed by atoms with Gasteiger partial charge in [0, 0.05) is 41.6 Å². The zero-order valence-corrected chi connectivity index (χ0v) is 15.4. The third-order valence-corrected chi connectivity index (χ3v) is 4.77. The van der Waals surface area contributed by atoms with E-state index in [2.05, 4.69) is 17.1 Å². The lowest BCUT2D eigenvalue weighted by Crippen LogP contribution is -2.33. The summed E-state index contributed by atoms with van der Waals surface area (Å²) in [6.45, 7) is 0.792. The van der Waals surface area contributed by atoms with Crippen LogP contribution in [0.3, 0.4) is 0 Å². The molecule has 2 aromatic carbocycles. The van der Waals surface area contributed by atoms with E-state index in [9.17, 15) is 9.90 Å². The van der Waals surface area contributed by atoms with E-state index in [0.717, 1.165) is 23.9 Å². The fourth-order valence-corrected chi connectivity index (χ4v) is 3.28. The number of hydrogen-bond donors (Lipinski definition) is 2. The van der Waals surface area contributed by atoms with Crippen LogP contribution < -0.4 is 0 Å². The van der Waals surface area contributed by atoms with Crippen LogP contribution in [-0.2, 0) is 17.8 Å². The van der Waals surface area contributed by atoms with Gasteiger partial charge in [-0.15, -0.1) is 0 Å². The van der Waals surface area contributed by atoms with E-state index in [-0.39, 0.29) is 12.5 Å². The highest BCUT2D eigenvalue weighted by Crippen LogP contribution is 2.20. The number of nitrogens with one attached hydrogen (secondary N) is 1. The van der Waals surface area contributed by atoms with Crippen molar-refractivity contribution in [1.82, 2.24) is 9.88 Å². The Balaban J connectivity index is 1.56. The number of fused-ring (bicyclic) bond motifs is 1. The second kappa shape index (κ2) is 8.88. The lowest BCUT2D eigenvalue weighted by atomic mass is 10.1. The number of H-pyrrole nitrogens is 1. The summed E-state index contributed by atoms with van der Waals surface area (Å²) in [6.07, 6.45) is 4.12. The van der Waals surface area contributed by atoms with Crippen molar-refractivity contribution in [3.8, 4) is 0 Å². The maximum Gasteiger partial charge on any atom is 0.222 e. The number of aromatic amines is 1. The smallest absolute Gasteiger partial charge is 0.222 e. The molecule has 0 radical (unpaired) electrons. The molecule has 3 rings (SSSR count). The molecule has 0 aliphatic rings. The molecule has 0 fully saturated rings. The molecule has 0 aliphatic carbocycles. The number of carbonyl (C=O) groups is 1. The van der Waals surface area contributed by atoms with Crippen molar-refractivity contribution < 1.29 is 9.90 Å². The van der Waals surface area contributed by atoms with Gasteiger partial charge in [-0.2, -0.15) is 0 Å². The summed E-state index contributed by atoms with van der Waals surface area (Å²) < 4.78 is 0. The Morgan fingerprint density at radius 1 is 1.12 bits per heavy atom. The van der Waals surface area contributed by atoms with E-state index in [1.807, 2.05) is 42.6 Å². The van der Waals surface area contributed by atoms with Crippen LogP contribution in [0, 0.1) is 0 Å². The summed E-state index contributed by atoms with van der Waals surface area (Å²) in [4.78, 5) is 17.6. The number of hydrogen-bond acceptors (Lipinski definition) is 2. The predicted octanol–water partition coefficient (Wildman–Crippen LogP) is 4.17. The molecule has 1 heterocycles. The number of aryl methyl sites for hydroxylation is 1. The molecule has 3 aromatic rings. The molecule has 4 nitrogen and oxygen atoms in total. The molecule has 2 N–H and O–H groups in total. The molecule has 0 spiro atoms. The van der Waals surface area contributed by atoms with Crippen molar-refractivity contribution in [2.45, 2.75) is 25.8 Å². The highest BCUT2D eigenvalue weighted by atomic mass is 35.5. The van der Waals surface area contributed by atoms with E-state index in [0.29, 0.717) is 24.5 Å². The molecule has 136 valence electrons. The van der Waals surface area contributed by atoms with Crippen molar-refractivity contribution in [3.05, 3.63) is 70.9 Å². The quantitative estimate of drug-likeness (QED) is 0.625. The maximum absolute atomic E-state index is 12.6. The van der Waals surface area contributed by atoms with Gasteiger partial charge in [-0.05, 0) is 42.2 Å². The molecule has 0 atom stereocenters. The summed E-state index contributed by atoms with van der Waals surface area (Å²) in [5.41, 5.74) is 3.37. The van der Waals surface area contributed by atoms with Gasteiger partial charge in [0.1, 0.15) is 0 Å². The van der Waals surface area contributed by atoms with Crippen LogP contribution in [0.25, 0.3) is 10.9 Å². The fourth-order valence-electron chi connectivity index (χ4n) is 3.15. The average Bonchev–Trinajstić information content (AvgIpc) is 3.06. The first-order chi connectivity index (χ1) is 12.7. The second-order valence-electron chi connectivity index (χ2n) is 6.38. The van der Waals surface area contributed by atoms with E-state index in [4.69, 9.17) is 11.6 Å². The van der Waals surface area contributed by atoms with Crippen molar-refractivity contribution in [2.24, 2.45) is 0 Å². The Bertz CT molecular complexity index is 858. The average molecular weight is 371 g/mol. The highest BCUT2D eigenvalue weighted by molar-refractivity contribution is 6.30. The van der Waals surface area contributed by atoms with Gasteiger partial charge in [-0.25, -0.2) is 0 Å². The molecule has 26 heavy (non-hydrogen) atoms. The van der Waals surface area contributed by atoms with Crippen LogP contribution >= 0.6 is 11.6 Å². The van der Waals surface area contributed by atoms with Gasteiger partial charge >= 0.3 is 0 Å². The summed E-state index contributed by atoms with van der Waals surface area (Å²) in [7, 11) is 0. The van der Waals surface area contributed by atoms with Crippen LogP contribution in [0.2, 0.25) is 5.02 Å². The minimum atomic E-state index is -0.0399. The number of amides is 1. The minimum absolute atomic E-state index is 0.0399. The fraction of sp³-hybridized carbons (Fsp3) is 0.286. The maximum atomic E-state index is 12.6. The summed E-state index contributed by atoms with van der Waals surface area (Å²) >= 11 is 5.91. The van der Waals surface area contributed by atoms with Crippen LogP contribution in [-0.4, -0.2) is 34.0 Å². The molecule has 1 aromatic heterocycles. The summed E-state index contributed by atoms with van der Waals surface area (Å²) in [5.74, 6) is 0.0637. The SMILES string of the molecule is O=C(CCCc1c[nH]c2ccccc12)N(CCO)Cc1ccc(Cl)cc1. The second-order valence-corrected chi connectivity index (χ2v) is 6.81. The third kappa shape index (κ3) is 4.65. The van der Waals surface area contributed by atoms with Crippen molar-refractivity contribution >= 4 is 28.4 Å². The first-order valence-corrected chi connectivity index (χ1v) is 9.23. The third-order valence-electron chi connectivity index (χ3n) is 4.52. The zero-order valence-electron chi connectivity index (χ0n) is 14.6. The van der Waals surface area contributed by atoms with Crippen molar-refractivity contribution in [3.63, 3.8) is 0 Å². The number of benzene rings is 2. The van der Waals surface area contributed by atoms with E-state index in [1.165, 1.54) is 10.9 Å². The van der Waals surface area contributed by atoms with Gasteiger partial charge in [-0.3, -0.25) is 4.79 Å². The summed E-state index contributed by atoms with van der Waals surface area (Å²) in [6, 6.07) is 15.6. The van der Waals surface area contributed by atoms with E-state index >= 15 is 0 Å². The van der Waals surface area contributed by atoms with Gasteiger partial charge in [0.05, 0.1) is 6.61 Å². The molecule has 0 unspecified atom stereocenters. The van der Waals surface area contributed by atoms with Gasteiger partial charge in [0.25, 0.3) is 0 Å². The minimum Gasteiger partial charge on any atom is -0.395 e. The molecule has 0 saturated heterocycles. The number of rotatable bonds is 8. The molecular weight excluding hydrogens is 348 g/mol. The Morgan fingerprint density at radius 2 is 1.88 bits per heavy atom. The highest BCUT2D eigenvalue weighted by Gasteiger charge is 2.14. The topological polar surface area (TPSA) is 56.3 Å². The zero-order chi connectivity index (χ0) is 18.4. The van der Waals surface area contributed by atoms with Crippen LogP contribution in [0.1, 0.15) is 24.0 Å². The standard InChI is InChI=1S/C21H23ClN2O2/c22-18-10-8-16(9-11-18)15-24(12-13-25)21(26)7-3-4-17-14-23-20-6-2-1-5-19(17)20/h1-2,5-6,8-11,14,23,25H,3-4,7,12-13,15H2. The van der Waals surface area contributed by atoms with Crippen molar-refractivity contribution in [2.75, 3.05) is 13.2 Å². The molecule has 5 heteroatoms. The number of nitrogens with zero attached hydrogens (tertiary/aromatic N) is 1. The van der Waals surface area contributed by atoms with Crippen LogP contribution in [0.5, 0.6) is 0 Å².